The van der Waals surface area contributed by atoms with Crippen LogP contribution >= 0.6 is 15.9 Å². The summed E-state index contributed by atoms with van der Waals surface area (Å²) in [5.74, 6) is 0.883. The molecule has 9 heteroatoms. The molecule has 0 atom stereocenters. The zero-order valence-corrected chi connectivity index (χ0v) is 16.9. The van der Waals surface area contributed by atoms with Crippen LogP contribution in [0.25, 0.3) is 0 Å². The van der Waals surface area contributed by atoms with Gasteiger partial charge in [-0.05, 0) is 36.2 Å². The highest BCUT2D eigenvalue weighted by Gasteiger charge is 2.31. The zero-order chi connectivity index (χ0) is 19.2. The van der Waals surface area contributed by atoms with E-state index in [1.54, 1.807) is 18.2 Å². The summed E-state index contributed by atoms with van der Waals surface area (Å²) in [6, 6.07) is 8.24. The highest BCUT2D eigenvalue weighted by atomic mass is 79.9. The van der Waals surface area contributed by atoms with Gasteiger partial charge in [-0.1, -0.05) is 15.9 Å². The number of fused-ring (bicyclic) bond motifs is 2. The van der Waals surface area contributed by atoms with Crippen LogP contribution in [0, 0.1) is 0 Å². The maximum atomic E-state index is 13.1. The molecule has 4 rings (SSSR count). The lowest BCUT2D eigenvalue weighted by molar-refractivity contribution is -0.116. The van der Waals surface area contributed by atoms with Crippen LogP contribution in [-0.2, 0) is 21.2 Å². The summed E-state index contributed by atoms with van der Waals surface area (Å²) in [6.07, 6.45) is 0.612. The third-order valence-corrected chi connectivity index (χ3v) is 6.31. The van der Waals surface area contributed by atoms with Gasteiger partial charge in [0, 0.05) is 24.0 Å². The van der Waals surface area contributed by atoms with Gasteiger partial charge in [0.25, 0.3) is 10.0 Å². The maximum Gasteiger partial charge on any atom is 0.264 e. The Balaban J connectivity index is 1.74. The normalized spacial score (nSPS) is 15.4. The number of nitrogens with one attached hydrogen (secondary N) is 1. The topological polar surface area (TPSA) is 84.9 Å². The molecule has 27 heavy (non-hydrogen) atoms. The molecule has 1 amide bonds. The minimum absolute atomic E-state index is 0.0643. The molecule has 2 aromatic rings. The molecular weight excluding hydrogens is 436 g/mol. The molecule has 2 aliphatic heterocycles. The average molecular weight is 453 g/mol. The fourth-order valence-electron chi connectivity index (χ4n) is 3.31. The molecule has 2 aromatic carbocycles. The quantitative estimate of drug-likeness (QED) is 0.773. The third kappa shape index (κ3) is 3.37. The monoisotopic (exact) mass is 452 g/mol. The van der Waals surface area contributed by atoms with Gasteiger partial charge in [0.1, 0.15) is 18.1 Å². The van der Waals surface area contributed by atoms with Crippen molar-refractivity contribution in [2.75, 3.05) is 29.4 Å². The van der Waals surface area contributed by atoms with Crippen molar-refractivity contribution in [3.8, 4) is 11.5 Å². The molecule has 0 bridgehead atoms. The van der Waals surface area contributed by atoms with Crippen LogP contribution < -0.4 is 19.1 Å². The van der Waals surface area contributed by atoms with Gasteiger partial charge in [-0.2, -0.15) is 0 Å². The smallest absolute Gasteiger partial charge is 0.264 e. The number of ether oxygens (including phenoxy) is 2. The summed E-state index contributed by atoms with van der Waals surface area (Å²) >= 11 is 3.37. The van der Waals surface area contributed by atoms with Crippen LogP contribution in [0.5, 0.6) is 11.5 Å². The molecule has 1 N–H and O–H groups in total. The number of nitrogens with zero attached hydrogens (tertiary/aromatic N) is 1. The van der Waals surface area contributed by atoms with E-state index in [-0.39, 0.29) is 10.8 Å². The molecule has 0 aliphatic carbocycles. The Morgan fingerprint density at radius 2 is 1.89 bits per heavy atom. The van der Waals surface area contributed by atoms with Crippen molar-refractivity contribution >= 4 is 43.2 Å². The fraction of sp³-hybridized carbons (Fsp3) is 0.278. The van der Waals surface area contributed by atoms with Crippen molar-refractivity contribution in [3.63, 3.8) is 0 Å². The predicted octanol–water partition coefficient (Wildman–Crippen LogP) is 2.93. The van der Waals surface area contributed by atoms with E-state index in [4.69, 9.17) is 9.47 Å². The zero-order valence-electron chi connectivity index (χ0n) is 14.5. The minimum Gasteiger partial charge on any atom is -0.486 e. The van der Waals surface area contributed by atoms with Gasteiger partial charge in [0.15, 0.2) is 11.5 Å². The number of sulfonamides is 1. The Bertz CT molecular complexity index is 1040. The standard InChI is InChI=1S/C18H17BrN2O5S/c1-11(22)21-5-4-12-8-13(19)9-17(18(12)21)27(23,24)20-14-2-3-15-16(10-14)26-7-6-25-15/h2-3,8-10,20H,4-7H2,1H3. The lowest BCUT2D eigenvalue weighted by Crippen LogP contribution is -2.28. The van der Waals surface area contributed by atoms with Gasteiger partial charge in [-0.25, -0.2) is 8.42 Å². The Kier molecular flexibility index (Phi) is 4.51. The minimum atomic E-state index is -3.92. The molecule has 7 nitrogen and oxygen atoms in total. The van der Waals surface area contributed by atoms with E-state index in [0.717, 1.165) is 5.56 Å². The molecule has 0 aromatic heterocycles. The van der Waals surface area contributed by atoms with E-state index >= 15 is 0 Å². The first kappa shape index (κ1) is 18.1. The number of hydrogen-bond acceptors (Lipinski definition) is 5. The summed E-state index contributed by atoms with van der Waals surface area (Å²) in [6.45, 7) is 2.77. The van der Waals surface area contributed by atoms with Crippen molar-refractivity contribution in [1.29, 1.82) is 0 Å². The number of carbonyl (C=O) groups is 1. The van der Waals surface area contributed by atoms with Crippen LogP contribution in [-0.4, -0.2) is 34.1 Å². The fourth-order valence-corrected chi connectivity index (χ4v) is 5.29. The summed E-state index contributed by atoms with van der Waals surface area (Å²) < 4.78 is 40.4. The molecule has 2 heterocycles. The molecule has 0 saturated heterocycles. The van der Waals surface area contributed by atoms with E-state index in [1.165, 1.54) is 17.9 Å². The molecule has 142 valence electrons. The summed E-state index contributed by atoms with van der Waals surface area (Å²) in [4.78, 5) is 13.5. The van der Waals surface area contributed by atoms with Crippen molar-refractivity contribution in [2.45, 2.75) is 18.2 Å². The van der Waals surface area contributed by atoms with Crippen LogP contribution in [0.15, 0.2) is 39.7 Å². The molecule has 0 radical (unpaired) electrons. The van der Waals surface area contributed by atoms with E-state index < -0.39 is 10.0 Å². The Labute approximate surface area is 165 Å². The second kappa shape index (κ2) is 6.72. The van der Waals surface area contributed by atoms with Crippen molar-refractivity contribution in [2.24, 2.45) is 0 Å². The first-order chi connectivity index (χ1) is 12.8. The number of carbonyl (C=O) groups excluding carboxylic acids is 1. The average Bonchev–Trinajstić information content (AvgIpc) is 3.04. The number of anilines is 2. The SMILES string of the molecule is CC(=O)N1CCc2cc(Br)cc(S(=O)(=O)Nc3ccc4c(c3)OCCO4)c21. The lowest BCUT2D eigenvalue weighted by atomic mass is 10.2. The van der Waals surface area contributed by atoms with E-state index in [1.807, 2.05) is 6.07 Å². The summed E-state index contributed by atoms with van der Waals surface area (Å²) in [5.41, 5.74) is 1.62. The number of hydrogen-bond donors (Lipinski definition) is 1. The number of benzene rings is 2. The maximum absolute atomic E-state index is 13.1. The second-order valence-electron chi connectivity index (χ2n) is 6.30. The molecular formula is C18H17BrN2O5S. The van der Waals surface area contributed by atoms with Gasteiger partial charge in [0.2, 0.25) is 5.91 Å². The molecule has 2 aliphatic rings. The molecule has 0 spiro atoms. The van der Waals surface area contributed by atoms with Gasteiger partial charge in [0.05, 0.1) is 11.4 Å². The lowest BCUT2D eigenvalue weighted by Gasteiger charge is -2.21. The Hall–Kier alpha value is -2.26. The van der Waals surface area contributed by atoms with E-state index in [0.29, 0.717) is 53.5 Å². The number of halogens is 1. The van der Waals surface area contributed by atoms with Crippen molar-refractivity contribution in [3.05, 3.63) is 40.4 Å². The number of rotatable bonds is 3. The van der Waals surface area contributed by atoms with Crippen LogP contribution in [0.1, 0.15) is 12.5 Å². The highest BCUT2D eigenvalue weighted by Crippen LogP contribution is 2.39. The first-order valence-electron chi connectivity index (χ1n) is 8.38. The first-order valence-corrected chi connectivity index (χ1v) is 10.7. The van der Waals surface area contributed by atoms with Crippen LogP contribution in [0.4, 0.5) is 11.4 Å². The molecule has 0 saturated carbocycles. The largest absolute Gasteiger partial charge is 0.486 e. The van der Waals surface area contributed by atoms with Gasteiger partial charge >= 0.3 is 0 Å². The van der Waals surface area contributed by atoms with Gasteiger partial charge in [-0.15, -0.1) is 0 Å². The molecule has 0 unspecified atom stereocenters. The predicted molar refractivity (Wildman–Crippen MR) is 104 cm³/mol. The second-order valence-corrected chi connectivity index (χ2v) is 8.86. The van der Waals surface area contributed by atoms with Crippen molar-refractivity contribution in [1.82, 2.24) is 0 Å². The van der Waals surface area contributed by atoms with Crippen LogP contribution in [0.3, 0.4) is 0 Å². The Morgan fingerprint density at radius 1 is 1.15 bits per heavy atom. The summed E-state index contributed by atoms with van der Waals surface area (Å²) in [7, 11) is -3.92. The highest BCUT2D eigenvalue weighted by molar-refractivity contribution is 9.10. The summed E-state index contributed by atoms with van der Waals surface area (Å²) in [5, 5.41) is 0. The third-order valence-electron chi connectivity index (χ3n) is 4.46. The Morgan fingerprint density at radius 3 is 2.63 bits per heavy atom. The van der Waals surface area contributed by atoms with E-state index in [2.05, 4.69) is 20.7 Å². The van der Waals surface area contributed by atoms with Gasteiger partial charge < -0.3 is 14.4 Å². The van der Waals surface area contributed by atoms with Crippen molar-refractivity contribution < 1.29 is 22.7 Å². The number of amides is 1. The van der Waals surface area contributed by atoms with Gasteiger partial charge in [-0.3, -0.25) is 9.52 Å². The van der Waals surface area contributed by atoms with E-state index in [9.17, 15) is 13.2 Å². The molecule has 0 fully saturated rings. The van der Waals surface area contributed by atoms with Crippen LogP contribution in [0.2, 0.25) is 0 Å².